The monoisotopic (exact) mass is 453 g/mol. The van der Waals surface area contributed by atoms with Crippen LogP contribution in [0.1, 0.15) is 17.2 Å². The average Bonchev–Trinajstić information content (AvgIpc) is 3.12. The van der Waals surface area contributed by atoms with Crippen molar-refractivity contribution in [2.24, 2.45) is 0 Å². The van der Waals surface area contributed by atoms with E-state index in [1.165, 1.54) is 16.9 Å². The van der Waals surface area contributed by atoms with Crippen molar-refractivity contribution in [1.29, 1.82) is 0 Å². The minimum absolute atomic E-state index is 0.0507. The lowest BCUT2D eigenvalue weighted by Gasteiger charge is -2.29. The highest BCUT2D eigenvalue weighted by Crippen LogP contribution is 2.43. The number of aliphatic hydroxyl groups excluding tert-OH is 1. The molecule has 2 saturated heterocycles. The smallest absolute Gasteiger partial charge is 0.295 e. The van der Waals surface area contributed by atoms with Gasteiger partial charge in [-0.2, -0.15) is 0 Å². The number of benzene rings is 2. The molecular formula is C25H29N2O6+. The molecule has 2 fully saturated rings. The van der Waals surface area contributed by atoms with Gasteiger partial charge in [-0.25, -0.2) is 0 Å². The molecule has 1 unspecified atom stereocenters. The third kappa shape index (κ3) is 4.58. The number of morpholine rings is 1. The van der Waals surface area contributed by atoms with Gasteiger partial charge in [0.05, 0.1) is 52.1 Å². The molecule has 0 radical (unpaired) electrons. The van der Waals surface area contributed by atoms with E-state index in [9.17, 15) is 14.7 Å². The number of hydrogen-bond donors (Lipinski definition) is 2. The number of nitrogens with zero attached hydrogens (tertiary/aromatic N) is 1. The number of nitrogens with one attached hydrogen (secondary N) is 1. The van der Waals surface area contributed by atoms with Gasteiger partial charge >= 0.3 is 0 Å². The highest BCUT2D eigenvalue weighted by Gasteiger charge is 2.47. The summed E-state index contributed by atoms with van der Waals surface area (Å²) in [5.74, 6) is -0.469. The van der Waals surface area contributed by atoms with Gasteiger partial charge in [0.15, 0.2) is 0 Å². The van der Waals surface area contributed by atoms with E-state index >= 15 is 0 Å². The first-order valence-electron chi connectivity index (χ1n) is 11.0. The number of rotatable bonds is 7. The lowest BCUT2D eigenvalue weighted by Crippen LogP contribution is -3.14. The summed E-state index contributed by atoms with van der Waals surface area (Å²) in [7, 11) is 3.08. The van der Waals surface area contributed by atoms with Crippen LogP contribution in [0.15, 0.2) is 54.1 Å². The van der Waals surface area contributed by atoms with Crippen LogP contribution in [-0.4, -0.2) is 75.3 Å². The van der Waals surface area contributed by atoms with Crippen LogP contribution >= 0.6 is 0 Å². The number of amides is 1. The maximum Gasteiger partial charge on any atom is 0.295 e. The van der Waals surface area contributed by atoms with Crippen molar-refractivity contribution in [1.82, 2.24) is 4.90 Å². The molecule has 0 aliphatic carbocycles. The van der Waals surface area contributed by atoms with Crippen LogP contribution in [0.4, 0.5) is 0 Å². The summed E-state index contributed by atoms with van der Waals surface area (Å²) in [6.45, 7) is 4.08. The molecule has 0 aromatic heterocycles. The van der Waals surface area contributed by atoms with E-state index in [-0.39, 0.29) is 11.3 Å². The Labute approximate surface area is 193 Å². The van der Waals surface area contributed by atoms with Crippen molar-refractivity contribution in [2.75, 3.05) is 53.6 Å². The van der Waals surface area contributed by atoms with E-state index in [4.69, 9.17) is 14.2 Å². The molecule has 8 nitrogen and oxygen atoms in total. The van der Waals surface area contributed by atoms with Crippen LogP contribution in [0, 0.1) is 0 Å². The van der Waals surface area contributed by atoms with E-state index in [1.807, 2.05) is 6.07 Å². The first-order chi connectivity index (χ1) is 16.0. The topological polar surface area (TPSA) is 89.7 Å². The van der Waals surface area contributed by atoms with Gasteiger partial charge < -0.3 is 29.1 Å². The molecule has 4 rings (SSSR count). The van der Waals surface area contributed by atoms with E-state index in [0.717, 1.165) is 13.1 Å². The lowest BCUT2D eigenvalue weighted by atomic mass is 9.94. The summed E-state index contributed by atoms with van der Waals surface area (Å²) in [6, 6.07) is 13.2. The molecule has 0 bridgehead atoms. The molecule has 0 spiro atoms. The molecule has 8 heteroatoms. The number of hydrogen-bond acceptors (Lipinski definition) is 6. The van der Waals surface area contributed by atoms with Crippen molar-refractivity contribution >= 4 is 17.4 Å². The van der Waals surface area contributed by atoms with E-state index < -0.39 is 17.7 Å². The zero-order chi connectivity index (χ0) is 23.4. The van der Waals surface area contributed by atoms with Crippen LogP contribution < -0.4 is 14.4 Å². The van der Waals surface area contributed by atoms with Crippen LogP contribution in [-0.2, 0) is 14.3 Å². The first kappa shape index (κ1) is 22.8. The molecule has 1 atom stereocenters. The number of Topliss-reactive ketones (excluding diaryl/α,β-unsaturated/α-hetero) is 1. The molecule has 33 heavy (non-hydrogen) atoms. The standard InChI is InChI=1S/C25H28N2O6/c1-31-18-8-9-20(32-2)19(16-18)22-21(23(28)17-6-4-3-5-7-17)24(29)25(30)27(22)11-10-26-12-14-33-15-13-26/h3-9,16,22,28H,10-15H2,1-2H3/p+1. The fraction of sp³-hybridized carbons (Fsp3) is 0.360. The average molecular weight is 454 g/mol. The largest absolute Gasteiger partial charge is 0.507 e. The zero-order valence-electron chi connectivity index (χ0n) is 18.9. The molecule has 2 N–H and O–H groups in total. The fourth-order valence-electron chi connectivity index (χ4n) is 4.43. The highest BCUT2D eigenvalue weighted by atomic mass is 16.5. The number of carbonyl (C=O) groups is 2. The minimum Gasteiger partial charge on any atom is -0.507 e. The second-order valence-corrected chi connectivity index (χ2v) is 8.08. The Hall–Kier alpha value is -3.36. The quantitative estimate of drug-likeness (QED) is 0.370. The summed E-state index contributed by atoms with van der Waals surface area (Å²) in [5.41, 5.74) is 1.11. The predicted octanol–water partition coefficient (Wildman–Crippen LogP) is 1.04. The number of ether oxygens (including phenoxy) is 3. The molecule has 2 aromatic carbocycles. The van der Waals surface area contributed by atoms with Crippen molar-refractivity contribution in [3.63, 3.8) is 0 Å². The SMILES string of the molecule is COc1ccc(OC)c(C2C(=C(O)c3ccccc3)C(=O)C(=O)N2CC[NH+]2CCOCC2)c1. The lowest BCUT2D eigenvalue weighted by molar-refractivity contribution is -0.907. The van der Waals surface area contributed by atoms with Gasteiger partial charge in [-0.05, 0) is 18.2 Å². The predicted molar refractivity (Wildman–Crippen MR) is 121 cm³/mol. The van der Waals surface area contributed by atoms with Gasteiger partial charge in [-0.1, -0.05) is 30.3 Å². The van der Waals surface area contributed by atoms with Gasteiger partial charge in [-0.3, -0.25) is 9.59 Å². The highest BCUT2D eigenvalue weighted by molar-refractivity contribution is 6.46. The Kier molecular flexibility index (Phi) is 6.96. The number of methoxy groups -OCH3 is 2. The van der Waals surface area contributed by atoms with Gasteiger partial charge in [0.2, 0.25) is 0 Å². The summed E-state index contributed by atoms with van der Waals surface area (Å²) >= 11 is 0. The molecule has 2 aliphatic rings. The maximum atomic E-state index is 13.2. The van der Waals surface area contributed by atoms with Crippen LogP contribution in [0.3, 0.4) is 0 Å². The van der Waals surface area contributed by atoms with E-state index in [2.05, 4.69) is 0 Å². The van der Waals surface area contributed by atoms with Crippen molar-refractivity contribution < 1.29 is 33.8 Å². The second kappa shape index (κ2) is 10.1. The van der Waals surface area contributed by atoms with Gasteiger partial charge in [0.25, 0.3) is 11.7 Å². The summed E-state index contributed by atoms with van der Waals surface area (Å²) in [4.78, 5) is 29.2. The van der Waals surface area contributed by atoms with E-state index in [0.29, 0.717) is 48.9 Å². The van der Waals surface area contributed by atoms with Crippen LogP contribution in [0.5, 0.6) is 11.5 Å². The second-order valence-electron chi connectivity index (χ2n) is 8.08. The molecular weight excluding hydrogens is 424 g/mol. The van der Waals surface area contributed by atoms with Crippen LogP contribution in [0.2, 0.25) is 0 Å². The molecule has 0 saturated carbocycles. The molecule has 1 amide bonds. The van der Waals surface area contributed by atoms with E-state index in [1.54, 1.807) is 49.6 Å². The Balaban J connectivity index is 1.80. The Morgan fingerprint density at radius 1 is 1.09 bits per heavy atom. The van der Waals surface area contributed by atoms with Gasteiger partial charge in [0.1, 0.15) is 30.3 Å². The Morgan fingerprint density at radius 3 is 2.48 bits per heavy atom. The van der Waals surface area contributed by atoms with Gasteiger partial charge in [-0.15, -0.1) is 0 Å². The first-order valence-corrected chi connectivity index (χ1v) is 11.0. The van der Waals surface area contributed by atoms with Crippen molar-refractivity contribution in [3.05, 3.63) is 65.2 Å². The normalized spacial score (nSPS) is 20.8. The van der Waals surface area contributed by atoms with Crippen molar-refractivity contribution in [3.8, 4) is 11.5 Å². The molecule has 174 valence electrons. The number of carbonyl (C=O) groups excluding carboxylic acids is 2. The van der Waals surface area contributed by atoms with Crippen molar-refractivity contribution in [2.45, 2.75) is 6.04 Å². The molecule has 2 heterocycles. The summed E-state index contributed by atoms with van der Waals surface area (Å²) in [6.07, 6.45) is 0. The maximum absolute atomic E-state index is 13.2. The molecule has 2 aromatic rings. The number of ketones is 1. The fourth-order valence-corrected chi connectivity index (χ4v) is 4.43. The Bertz CT molecular complexity index is 1050. The number of quaternary nitrogens is 1. The minimum atomic E-state index is -0.796. The number of likely N-dealkylation sites (tertiary alicyclic amines) is 1. The van der Waals surface area contributed by atoms with Crippen LogP contribution in [0.25, 0.3) is 5.76 Å². The third-order valence-corrected chi connectivity index (χ3v) is 6.22. The zero-order valence-corrected chi connectivity index (χ0v) is 18.9. The number of aliphatic hydroxyl groups is 1. The molecule has 2 aliphatic heterocycles. The summed E-state index contributed by atoms with van der Waals surface area (Å²) < 4.78 is 16.4. The third-order valence-electron chi connectivity index (χ3n) is 6.22. The Morgan fingerprint density at radius 2 is 1.82 bits per heavy atom. The van der Waals surface area contributed by atoms with Gasteiger partial charge in [0, 0.05) is 11.1 Å². The summed E-state index contributed by atoms with van der Waals surface area (Å²) in [5, 5.41) is 11.2.